The number of carbonyl (C=O) groups is 2. The minimum absolute atomic E-state index is 0.0710. The third kappa shape index (κ3) is 9.39. The van der Waals surface area contributed by atoms with Gasteiger partial charge in [-0.3, -0.25) is 4.79 Å². The fourth-order valence-corrected chi connectivity index (χ4v) is 2.16. The summed E-state index contributed by atoms with van der Waals surface area (Å²) in [5, 5.41) is 6.05. The Morgan fingerprint density at radius 1 is 1.22 bits per heavy atom. The first kappa shape index (κ1) is 22.2. The van der Waals surface area contributed by atoms with Gasteiger partial charge in [-0.1, -0.05) is 43.3 Å². The van der Waals surface area contributed by atoms with Crippen LogP contribution in [0.5, 0.6) is 0 Å². The highest BCUT2D eigenvalue weighted by atomic mass is 16.5. The van der Waals surface area contributed by atoms with Crippen molar-refractivity contribution in [2.45, 2.75) is 39.7 Å². The van der Waals surface area contributed by atoms with E-state index in [9.17, 15) is 9.59 Å². The third-order valence-corrected chi connectivity index (χ3v) is 3.77. The highest BCUT2D eigenvalue weighted by Gasteiger charge is 2.12. The second kappa shape index (κ2) is 12.5. The Kier molecular flexibility index (Phi) is 10.2. The molecule has 6 nitrogen and oxygen atoms in total. The van der Waals surface area contributed by atoms with Gasteiger partial charge in [0.1, 0.15) is 11.9 Å². The van der Waals surface area contributed by atoms with Gasteiger partial charge in [0.2, 0.25) is 5.91 Å². The Labute approximate surface area is 161 Å². The average Bonchev–Trinajstić information content (AvgIpc) is 2.69. The Balaban J connectivity index is 2.50. The van der Waals surface area contributed by atoms with E-state index >= 15 is 0 Å². The van der Waals surface area contributed by atoms with E-state index in [2.05, 4.69) is 20.4 Å². The summed E-state index contributed by atoms with van der Waals surface area (Å²) in [6.07, 6.45) is 6.06. The van der Waals surface area contributed by atoms with Crippen LogP contribution in [0.3, 0.4) is 0 Å². The monoisotopic (exact) mass is 371 g/mol. The Bertz CT molecular complexity index is 694. The molecule has 1 amide bonds. The molecule has 0 heterocycles. The summed E-state index contributed by atoms with van der Waals surface area (Å²) in [7, 11) is 1.33. The number of hydrogen-bond donors (Lipinski definition) is 2. The molecule has 0 aliphatic rings. The molecule has 0 saturated carbocycles. The number of methoxy groups -OCH3 is 1. The summed E-state index contributed by atoms with van der Waals surface area (Å²) in [5.41, 5.74) is 1.99. The maximum atomic E-state index is 12.2. The molecule has 2 N–H and O–H groups in total. The predicted molar refractivity (Wildman–Crippen MR) is 108 cm³/mol. The van der Waals surface area contributed by atoms with E-state index in [1.165, 1.54) is 18.7 Å². The second-order valence-electron chi connectivity index (χ2n) is 6.05. The van der Waals surface area contributed by atoms with Crippen LogP contribution in [0.15, 0.2) is 59.2 Å². The molecule has 0 radical (unpaired) electrons. The lowest BCUT2D eigenvalue weighted by molar-refractivity contribution is -0.134. The van der Waals surface area contributed by atoms with Gasteiger partial charge in [-0.25, -0.2) is 9.79 Å². The summed E-state index contributed by atoms with van der Waals surface area (Å²) in [6, 6.07) is 9.64. The van der Waals surface area contributed by atoms with Crippen LogP contribution < -0.4 is 10.6 Å². The molecule has 27 heavy (non-hydrogen) atoms. The summed E-state index contributed by atoms with van der Waals surface area (Å²) in [4.78, 5) is 27.7. The van der Waals surface area contributed by atoms with Crippen LogP contribution in [-0.2, 0) is 20.7 Å². The van der Waals surface area contributed by atoms with Crippen LogP contribution >= 0.6 is 0 Å². The summed E-state index contributed by atoms with van der Waals surface area (Å²) < 4.78 is 4.54. The fourth-order valence-electron chi connectivity index (χ4n) is 2.16. The lowest BCUT2D eigenvalue weighted by Crippen LogP contribution is -2.45. The highest BCUT2D eigenvalue weighted by molar-refractivity contribution is 5.90. The molecule has 1 aromatic rings. The second-order valence-corrected chi connectivity index (χ2v) is 6.05. The van der Waals surface area contributed by atoms with E-state index in [-0.39, 0.29) is 5.91 Å². The van der Waals surface area contributed by atoms with Crippen LogP contribution in [0.2, 0.25) is 0 Å². The molecule has 0 fully saturated rings. The molecule has 0 spiro atoms. The molecule has 0 aromatic heterocycles. The van der Waals surface area contributed by atoms with Gasteiger partial charge in [0.25, 0.3) is 0 Å². The molecule has 0 aliphatic carbocycles. The van der Waals surface area contributed by atoms with Crippen LogP contribution in [-0.4, -0.2) is 37.4 Å². The maximum absolute atomic E-state index is 12.2. The van der Waals surface area contributed by atoms with Crippen LogP contribution in [0.1, 0.15) is 32.8 Å². The SMILES string of the molecule is CC\C(=N/C=C(C)/C=C/C(=O)OC)NC(C)C(=O)NCCc1ccccc1. The number of allylic oxidation sites excluding steroid dienone is 2. The molecule has 6 heteroatoms. The Hall–Kier alpha value is -2.89. The number of hydrogen-bond acceptors (Lipinski definition) is 4. The van der Waals surface area contributed by atoms with E-state index in [1.807, 2.05) is 44.2 Å². The van der Waals surface area contributed by atoms with Crippen LogP contribution in [0, 0.1) is 0 Å². The highest BCUT2D eigenvalue weighted by Crippen LogP contribution is 1.99. The zero-order valence-corrected chi connectivity index (χ0v) is 16.5. The third-order valence-electron chi connectivity index (χ3n) is 3.77. The smallest absolute Gasteiger partial charge is 0.330 e. The van der Waals surface area contributed by atoms with Gasteiger partial charge >= 0.3 is 5.97 Å². The number of ether oxygens (including phenoxy) is 1. The van der Waals surface area contributed by atoms with Crippen LogP contribution in [0.4, 0.5) is 0 Å². The van der Waals surface area contributed by atoms with Gasteiger partial charge in [-0.15, -0.1) is 0 Å². The first-order valence-corrected chi connectivity index (χ1v) is 9.03. The number of amidine groups is 1. The molecule has 1 atom stereocenters. The molecule has 146 valence electrons. The van der Waals surface area contributed by atoms with Gasteiger partial charge in [0.15, 0.2) is 0 Å². The Morgan fingerprint density at radius 2 is 1.93 bits per heavy atom. The quantitative estimate of drug-likeness (QED) is 0.230. The summed E-state index contributed by atoms with van der Waals surface area (Å²) >= 11 is 0. The van der Waals surface area contributed by atoms with Gasteiger partial charge in [0.05, 0.1) is 7.11 Å². The van der Waals surface area contributed by atoms with Gasteiger partial charge in [-0.2, -0.15) is 0 Å². The molecular formula is C21H29N3O3. The predicted octanol–water partition coefficient (Wildman–Crippen LogP) is 2.76. The van der Waals surface area contributed by atoms with E-state index < -0.39 is 12.0 Å². The first-order valence-electron chi connectivity index (χ1n) is 9.03. The van der Waals surface area contributed by atoms with Crippen molar-refractivity contribution in [1.82, 2.24) is 10.6 Å². The number of esters is 1. The molecule has 0 saturated heterocycles. The van der Waals surface area contributed by atoms with E-state index in [0.29, 0.717) is 18.8 Å². The Morgan fingerprint density at radius 3 is 2.56 bits per heavy atom. The van der Waals surface area contributed by atoms with Crippen LogP contribution in [0.25, 0.3) is 0 Å². The van der Waals surface area contributed by atoms with Crippen molar-refractivity contribution in [3.05, 3.63) is 59.8 Å². The van der Waals surface area contributed by atoms with E-state index in [0.717, 1.165) is 12.0 Å². The molecule has 0 bridgehead atoms. The fraction of sp³-hybridized carbons (Fsp3) is 0.381. The summed E-state index contributed by atoms with van der Waals surface area (Å²) in [6.45, 7) is 6.18. The van der Waals surface area contributed by atoms with Crippen molar-refractivity contribution in [1.29, 1.82) is 0 Å². The number of amides is 1. The molecular weight excluding hydrogens is 342 g/mol. The number of rotatable bonds is 9. The zero-order chi connectivity index (χ0) is 20.1. The van der Waals surface area contributed by atoms with Gasteiger partial charge in [-0.05, 0) is 31.4 Å². The number of carbonyl (C=O) groups excluding carboxylic acids is 2. The molecule has 1 rings (SSSR count). The number of aliphatic imine (C=N–C) groups is 1. The summed E-state index contributed by atoms with van der Waals surface area (Å²) in [5.74, 6) is 0.214. The minimum atomic E-state index is -0.415. The standard InChI is InChI=1S/C21H29N3O3/c1-5-19(23-15-16(2)11-12-20(25)27-4)24-17(3)21(26)22-14-13-18-9-7-6-8-10-18/h6-12,15,17H,5,13-14H2,1-4H3,(H,22,26)(H,23,24)/b12-11+,16-15+. The topological polar surface area (TPSA) is 79.8 Å². The van der Waals surface area contributed by atoms with Gasteiger partial charge in [0, 0.05) is 25.2 Å². The molecule has 1 unspecified atom stereocenters. The van der Waals surface area contributed by atoms with E-state index in [1.54, 1.807) is 19.2 Å². The van der Waals surface area contributed by atoms with Crippen molar-refractivity contribution in [2.24, 2.45) is 4.99 Å². The van der Waals surface area contributed by atoms with E-state index in [4.69, 9.17) is 0 Å². The van der Waals surface area contributed by atoms with Gasteiger partial charge < -0.3 is 15.4 Å². The first-order chi connectivity index (χ1) is 13.0. The molecule has 1 aromatic carbocycles. The van der Waals surface area contributed by atoms with Crippen molar-refractivity contribution < 1.29 is 14.3 Å². The van der Waals surface area contributed by atoms with Crippen molar-refractivity contribution in [2.75, 3.05) is 13.7 Å². The normalized spacial score (nSPS) is 13.3. The number of nitrogens with zero attached hydrogens (tertiary/aromatic N) is 1. The largest absolute Gasteiger partial charge is 0.466 e. The minimum Gasteiger partial charge on any atom is -0.466 e. The lowest BCUT2D eigenvalue weighted by atomic mass is 10.1. The number of benzene rings is 1. The average molecular weight is 371 g/mol. The number of nitrogens with one attached hydrogen (secondary N) is 2. The lowest BCUT2D eigenvalue weighted by Gasteiger charge is -2.16. The maximum Gasteiger partial charge on any atom is 0.330 e. The van der Waals surface area contributed by atoms with Crippen molar-refractivity contribution in [3.8, 4) is 0 Å². The van der Waals surface area contributed by atoms with Crippen molar-refractivity contribution in [3.63, 3.8) is 0 Å². The zero-order valence-electron chi connectivity index (χ0n) is 16.5. The molecule has 0 aliphatic heterocycles. The van der Waals surface area contributed by atoms with Crippen molar-refractivity contribution >= 4 is 17.7 Å².